The van der Waals surface area contributed by atoms with E-state index >= 15 is 0 Å². The average molecular weight is 291 g/mol. The van der Waals surface area contributed by atoms with Gasteiger partial charge in [-0.3, -0.25) is 4.90 Å². The number of benzene rings is 1. The molecule has 2 saturated heterocycles. The van der Waals surface area contributed by atoms with E-state index < -0.39 is 0 Å². The largest absolute Gasteiger partial charge is 0.370 e. The summed E-state index contributed by atoms with van der Waals surface area (Å²) in [5.41, 5.74) is 7.91. The first-order valence-electron chi connectivity index (χ1n) is 8.25. The van der Waals surface area contributed by atoms with Crippen molar-refractivity contribution in [1.82, 2.24) is 4.90 Å². The summed E-state index contributed by atoms with van der Waals surface area (Å²) in [6, 6.07) is 5.82. The minimum atomic E-state index is -0.158. The fourth-order valence-corrected chi connectivity index (χ4v) is 3.76. The van der Waals surface area contributed by atoms with Gasteiger partial charge in [0.15, 0.2) is 0 Å². The fourth-order valence-electron chi connectivity index (χ4n) is 3.76. The van der Waals surface area contributed by atoms with E-state index in [0.29, 0.717) is 12.6 Å². The van der Waals surface area contributed by atoms with Crippen LogP contribution in [-0.2, 0) is 6.42 Å². The Balaban J connectivity index is 1.70. The molecule has 3 nitrogen and oxygen atoms in total. The molecular weight excluding hydrogens is 265 g/mol. The van der Waals surface area contributed by atoms with Gasteiger partial charge in [-0.1, -0.05) is 6.42 Å². The quantitative estimate of drug-likeness (QED) is 0.924. The summed E-state index contributed by atoms with van der Waals surface area (Å²) in [5.74, 6) is -0.158. The molecular formula is C17H26FN3. The van der Waals surface area contributed by atoms with Gasteiger partial charge in [-0.25, -0.2) is 4.39 Å². The van der Waals surface area contributed by atoms with E-state index in [1.807, 2.05) is 6.07 Å². The maximum atomic E-state index is 13.5. The molecule has 0 saturated carbocycles. The average Bonchev–Trinajstić information content (AvgIpc) is 2.98. The van der Waals surface area contributed by atoms with Crippen molar-refractivity contribution in [3.8, 4) is 0 Å². The van der Waals surface area contributed by atoms with Crippen molar-refractivity contribution < 1.29 is 4.39 Å². The zero-order valence-electron chi connectivity index (χ0n) is 12.7. The Morgan fingerprint density at radius 1 is 1.14 bits per heavy atom. The number of rotatable bonds is 4. The number of likely N-dealkylation sites (tertiary alicyclic amines) is 1. The van der Waals surface area contributed by atoms with Crippen LogP contribution in [0, 0.1) is 5.82 Å². The molecule has 0 spiro atoms. The van der Waals surface area contributed by atoms with E-state index in [9.17, 15) is 4.39 Å². The Morgan fingerprint density at radius 2 is 1.95 bits per heavy atom. The highest BCUT2D eigenvalue weighted by Gasteiger charge is 2.29. The third-order valence-corrected chi connectivity index (χ3v) is 4.87. The molecule has 1 aromatic rings. The van der Waals surface area contributed by atoms with E-state index in [1.165, 1.54) is 44.5 Å². The van der Waals surface area contributed by atoms with Crippen LogP contribution in [-0.4, -0.2) is 43.7 Å². The molecule has 0 aromatic heterocycles. The Labute approximate surface area is 126 Å². The highest BCUT2D eigenvalue weighted by molar-refractivity contribution is 5.55. The fraction of sp³-hybridized carbons (Fsp3) is 0.647. The van der Waals surface area contributed by atoms with Gasteiger partial charge in [0.2, 0.25) is 0 Å². The van der Waals surface area contributed by atoms with Gasteiger partial charge in [0.25, 0.3) is 0 Å². The molecule has 0 bridgehead atoms. The lowest BCUT2D eigenvalue weighted by Crippen LogP contribution is -2.41. The molecule has 1 unspecified atom stereocenters. The van der Waals surface area contributed by atoms with Gasteiger partial charge in [0.05, 0.1) is 0 Å². The standard InChI is InChI=1S/C17H26FN3/c18-15-4-5-17(14(12-15)6-8-19)21-11-7-16(13-21)20-9-2-1-3-10-20/h4-5,12,16H,1-3,6-11,13,19H2. The maximum absolute atomic E-state index is 13.5. The first-order chi connectivity index (χ1) is 10.3. The molecule has 116 valence electrons. The number of hydrogen-bond acceptors (Lipinski definition) is 3. The molecule has 3 rings (SSSR count). The smallest absolute Gasteiger partial charge is 0.123 e. The van der Waals surface area contributed by atoms with Crippen molar-refractivity contribution >= 4 is 5.69 Å². The summed E-state index contributed by atoms with van der Waals surface area (Å²) in [6.07, 6.45) is 6.03. The molecule has 0 radical (unpaired) electrons. The zero-order chi connectivity index (χ0) is 14.7. The van der Waals surface area contributed by atoms with E-state index in [2.05, 4.69) is 9.80 Å². The highest BCUT2D eigenvalue weighted by Crippen LogP contribution is 2.28. The number of halogens is 1. The predicted molar refractivity (Wildman–Crippen MR) is 85.2 cm³/mol. The molecule has 0 amide bonds. The number of anilines is 1. The van der Waals surface area contributed by atoms with Crippen molar-refractivity contribution in [2.24, 2.45) is 5.73 Å². The Morgan fingerprint density at radius 3 is 2.71 bits per heavy atom. The van der Waals surface area contributed by atoms with Crippen LogP contribution in [0.25, 0.3) is 0 Å². The van der Waals surface area contributed by atoms with Crippen molar-refractivity contribution in [1.29, 1.82) is 0 Å². The van der Waals surface area contributed by atoms with Gasteiger partial charge in [-0.15, -0.1) is 0 Å². The highest BCUT2D eigenvalue weighted by atomic mass is 19.1. The minimum absolute atomic E-state index is 0.158. The number of hydrogen-bond donors (Lipinski definition) is 1. The van der Waals surface area contributed by atoms with Crippen molar-refractivity contribution in [2.75, 3.05) is 37.6 Å². The summed E-state index contributed by atoms with van der Waals surface area (Å²) in [5, 5.41) is 0. The van der Waals surface area contributed by atoms with Crippen LogP contribution >= 0.6 is 0 Å². The minimum Gasteiger partial charge on any atom is -0.370 e. The summed E-state index contributed by atoms with van der Waals surface area (Å²) < 4.78 is 13.5. The van der Waals surface area contributed by atoms with E-state index in [0.717, 1.165) is 25.1 Å². The van der Waals surface area contributed by atoms with Gasteiger partial charge in [-0.05, 0) is 69.1 Å². The number of nitrogens with two attached hydrogens (primary N) is 1. The SMILES string of the molecule is NCCc1cc(F)ccc1N1CCC(N2CCCCC2)C1. The van der Waals surface area contributed by atoms with Gasteiger partial charge >= 0.3 is 0 Å². The predicted octanol–water partition coefficient (Wildman–Crippen LogP) is 2.39. The zero-order valence-corrected chi connectivity index (χ0v) is 12.7. The molecule has 2 aliphatic heterocycles. The van der Waals surface area contributed by atoms with Gasteiger partial charge in [-0.2, -0.15) is 0 Å². The van der Waals surface area contributed by atoms with Crippen LogP contribution in [0.2, 0.25) is 0 Å². The van der Waals surface area contributed by atoms with Crippen LogP contribution < -0.4 is 10.6 Å². The van der Waals surface area contributed by atoms with Crippen LogP contribution in [0.15, 0.2) is 18.2 Å². The molecule has 1 atom stereocenters. The second-order valence-electron chi connectivity index (χ2n) is 6.30. The third kappa shape index (κ3) is 3.38. The van der Waals surface area contributed by atoms with Crippen LogP contribution in [0.5, 0.6) is 0 Å². The van der Waals surface area contributed by atoms with Crippen LogP contribution in [0.4, 0.5) is 10.1 Å². The first-order valence-corrected chi connectivity index (χ1v) is 8.25. The summed E-state index contributed by atoms with van der Waals surface area (Å²) in [4.78, 5) is 5.07. The molecule has 4 heteroatoms. The van der Waals surface area contributed by atoms with Crippen molar-refractivity contribution in [3.63, 3.8) is 0 Å². The van der Waals surface area contributed by atoms with Crippen molar-refractivity contribution in [3.05, 3.63) is 29.6 Å². The summed E-state index contributed by atoms with van der Waals surface area (Å²) in [6.45, 7) is 5.21. The van der Waals surface area contributed by atoms with E-state index in [-0.39, 0.29) is 5.82 Å². The van der Waals surface area contributed by atoms with E-state index in [1.54, 1.807) is 12.1 Å². The molecule has 2 N–H and O–H groups in total. The lowest BCUT2D eigenvalue weighted by atomic mass is 10.1. The van der Waals surface area contributed by atoms with E-state index in [4.69, 9.17) is 5.73 Å². The number of piperidine rings is 1. The summed E-state index contributed by atoms with van der Waals surface area (Å²) >= 11 is 0. The van der Waals surface area contributed by atoms with Gasteiger partial charge in [0.1, 0.15) is 5.82 Å². The van der Waals surface area contributed by atoms with Crippen LogP contribution in [0.3, 0.4) is 0 Å². The molecule has 21 heavy (non-hydrogen) atoms. The Bertz CT molecular complexity index is 471. The summed E-state index contributed by atoms with van der Waals surface area (Å²) in [7, 11) is 0. The first kappa shape index (κ1) is 14.8. The maximum Gasteiger partial charge on any atom is 0.123 e. The van der Waals surface area contributed by atoms with Crippen molar-refractivity contribution in [2.45, 2.75) is 38.1 Å². The van der Waals surface area contributed by atoms with Gasteiger partial charge in [0, 0.05) is 24.8 Å². The van der Waals surface area contributed by atoms with Crippen LogP contribution in [0.1, 0.15) is 31.2 Å². The molecule has 2 fully saturated rings. The monoisotopic (exact) mass is 291 g/mol. The molecule has 0 aliphatic carbocycles. The second kappa shape index (κ2) is 6.75. The third-order valence-electron chi connectivity index (χ3n) is 4.87. The lowest BCUT2D eigenvalue weighted by molar-refractivity contribution is 0.175. The normalized spacial score (nSPS) is 23.7. The topological polar surface area (TPSA) is 32.5 Å². The number of nitrogens with zero attached hydrogens (tertiary/aromatic N) is 2. The second-order valence-corrected chi connectivity index (χ2v) is 6.30. The van der Waals surface area contributed by atoms with Gasteiger partial charge < -0.3 is 10.6 Å². The molecule has 2 aliphatic rings. The lowest BCUT2D eigenvalue weighted by Gasteiger charge is -2.32. The molecule has 1 aromatic carbocycles. The Hall–Kier alpha value is -1.13. The molecule has 2 heterocycles. The Kier molecular flexibility index (Phi) is 4.76.